The smallest absolute Gasteiger partial charge is 0.0449 e. The van der Waals surface area contributed by atoms with Gasteiger partial charge in [-0.2, -0.15) is 0 Å². The Morgan fingerprint density at radius 2 is 1.75 bits per heavy atom. The number of hydrogen-bond acceptors (Lipinski definition) is 2. The molecule has 2 N–H and O–H groups in total. The van der Waals surface area contributed by atoms with Gasteiger partial charge >= 0.3 is 0 Å². The second kappa shape index (κ2) is 6.21. The molecule has 0 saturated heterocycles. The van der Waals surface area contributed by atoms with E-state index >= 15 is 0 Å². The lowest BCUT2D eigenvalue weighted by Gasteiger charge is -2.08. The minimum atomic E-state index is 0.636. The highest BCUT2D eigenvalue weighted by molar-refractivity contribution is 7.99. The van der Waals surface area contributed by atoms with E-state index in [1.54, 1.807) is 11.8 Å². The van der Waals surface area contributed by atoms with Gasteiger partial charge in [-0.1, -0.05) is 35.5 Å². The molecule has 0 heterocycles. The fourth-order valence-electron chi connectivity index (χ4n) is 2.70. The topological polar surface area (TPSA) is 26.0 Å². The van der Waals surface area contributed by atoms with Crippen LogP contribution in [-0.4, -0.2) is 6.54 Å². The molecule has 0 radical (unpaired) electrons. The lowest BCUT2D eigenvalue weighted by atomic mass is 10.1. The molecule has 1 aliphatic rings. The van der Waals surface area contributed by atoms with E-state index in [1.165, 1.54) is 40.2 Å². The van der Waals surface area contributed by atoms with Crippen LogP contribution in [0.5, 0.6) is 0 Å². The Balaban J connectivity index is 1.79. The van der Waals surface area contributed by atoms with E-state index in [-0.39, 0.29) is 0 Å². The highest BCUT2D eigenvalue weighted by Crippen LogP contribution is 2.33. The second-order valence-electron chi connectivity index (χ2n) is 5.18. The van der Waals surface area contributed by atoms with Crippen LogP contribution in [0.15, 0.2) is 46.2 Å². The fraction of sp³-hybridized carbons (Fsp3) is 0.294. The summed E-state index contributed by atoms with van der Waals surface area (Å²) in [4.78, 5) is 2.49. The van der Waals surface area contributed by atoms with Crippen molar-refractivity contribution < 1.29 is 0 Å². The lowest BCUT2D eigenvalue weighted by Crippen LogP contribution is -2.02. The Morgan fingerprint density at radius 3 is 2.55 bits per heavy atom. The van der Waals surface area contributed by atoms with Crippen molar-refractivity contribution >= 4 is 23.4 Å². The van der Waals surface area contributed by atoms with Crippen molar-refractivity contribution in [2.45, 2.75) is 35.5 Å². The first-order valence-electron chi connectivity index (χ1n) is 7.04. The summed E-state index contributed by atoms with van der Waals surface area (Å²) in [5.41, 5.74) is 9.74. The van der Waals surface area contributed by atoms with Crippen molar-refractivity contribution in [3.8, 4) is 0 Å². The first-order chi connectivity index (χ1) is 9.76. The molecule has 0 aliphatic heterocycles. The van der Waals surface area contributed by atoms with E-state index in [9.17, 15) is 0 Å². The molecule has 104 valence electrons. The normalized spacial score (nSPS) is 13.5. The van der Waals surface area contributed by atoms with Crippen LogP contribution in [0.4, 0.5) is 0 Å². The lowest BCUT2D eigenvalue weighted by molar-refractivity contribution is 0.911. The maximum Gasteiger partial charge on any atom is 0.0449 e. The van der Waals surface area contributed by atoms with Gasteiger partial charge in [-0.3, -0.25) is 0 Å². The van der Waals surface area contributed by atoms with Crippen molar-refractivity contribution in [3.05, 3.63) is 58.1 Å². The van der Waals surface area contributed by atoms with Crippen LogP contribution in [-0.2, 0) is 19.3 Å². The van der Waals surface area contributed by atoms with E-state index < -0.39 is 0 Å². The molecule has 1 aliphatic carbocycles. The van der Waals surface area contributed by atoms with Crippen LogP contribution in [0.2, 0.25) is 5.02 Å². The molecule has 20 heavy (non-hydrogen) atoms. The Hall–Kier alpha value is -0.960. The standard InChI is InChI=1S/C17H18ClNS/c18-17-11-16(7-5-13(17)8-9-19)20-15-6-4-12-2-1-3-14(12)10-15/h4-7,10-11H,1-3,8-9,19H2. The van der Waals surface area contributed by atoms with Crippen molar-refractivity contribution in [2.24, 2.45) is 5.73 Å². The first kappa shape index (κ1) is 14.0. The van der Waals surface area contributed by atoms with Crippen LogP contribution in [0.1, 0.15) is 23.1 Å². The molecular weight excluding hydrogens is 286 g/mol. The van der Waals surface area contributed by atoms with E-state index in [2.05, 4.69) is 30.3 Å². The highest BCUT2D eigenvalue weighted by atomic mass is 35.5. The average Bonchev–Trinajstić information content (AvgIpc) is 2.89. The Bertz CT molecular complexity index is 624. The summed E-state index contributed by atoms with van der Waals surface area (Å²) in [6, 6.07) is 13.1. The zero-order valence-corrected chi connectivity index (χ0v) is 12.9. The summed E-state index contributed by atoms with van der Waals surface area (Å²) in [6.07, 6.45) is 4.59. The molecule has 0 amide bonds. The van der Waals surface area contributed by atoms with E-state index in [0.29, 0.717) is 6.54 Å². The highest BCUT2D eigenvalue weighted by Gasteiger charge is 2.11. The molecule has 0 aromatic heterocycles. The van der Waals surface area contributed by atoms with Gasteiger partial charge in [0.1, 0.15) is 0 Å². The minimum absolute atomic E-state index is 0.636. The number of fused-ring (bicyclic) bond motifs is 1. The number of nitrogens with two attached hydrogens (primary N) is 1. The van der Waals surface area contributed by atoms with Gasteiger partial charge < -0.3 is 5.73 Å². The summed E-state index contributed by atoms with van der Waals surface area (Å²) >= 11 is 8.08. The van der Waals surface area contributed by atoms with Crippen molar-refractivity contribution in [2.75, 3.05) is 6.54 Å². The number of rotatable bonds is 4. The maximum absolute atomic E-state index is 6.30. The third kappa shape index (κ3) is 3.03. The number of aryl methyl sites for hydroxylation is 2. The number of halogens is 1. The van der Waals surface area contributed by atoms with Gasteiger partial charge in [-0.25, -0.2) is 0 Å². The molecule has 0 atom stereocenters. The van der Waals surface area contributed by atoms with Gasteiger partial charge in [-0.05, 0) is 73.2 Å². The molecule has 2 aromatic rings. The first-order valence-corrected chi connectivity index (χ1v) is 8.24. The molecule has 0 bridgehead atoms. The van der Waals surface area contributed by atoms with Crippen LogP contribution in [0, 0.1) is 0 Å². The maximum atomic E-state index is 6.30. The van der Waals surface area contributed by atoms with Crippen LogP contribution >= 0.6 is 23.4 Å². The zero-order valence-electron chi connectivity index (χ0n) is 11.4. The summed E-state index contributed by atoms with van der Waals surface area (Å²) in [5.74, 6) is 0. The van der Waals surface area contributed by atoms with Gasteiger partial charge in [0.05, 0.1) is 0 Å². The minimum Gasteiger partial charge on any atom is -0.330 e. The number of benzene rings is 2. The molecule has 0 unspecified atom stereocenters. The summed E-state index contributed by atoms with van der Waals surface area (Å²) in [5, 5.41) is 0.821. The largest absolute Gasteiger partial charge is 0.330 e. The van der Waals surface area contributed by atoms with E-state index in [1.807, 2.05) is 6.07 Å². The SMILES string of the molecule is NCCc1ccc(Sc2ccc3c(c2)CCC3)cc1Cl. The van der Waals surface area contributed by atoms with Gasteiger partial charge in [0.25, 0.3) is 0 Å². The fourth-order valence-corrected chi connectivity index (χ4v) is 3.96. The zero-order chi connectivity index (χ0) is 13.9. The Kier molecular flexibility index (Phi) is 4.35. The summed E-state index contributed by atoms with van der Waals surface area (Å²) in [7, 11) is 0. The van der Waals surface area contributed by atoms with Gasteiger partial charge in [0, 0.05) is 14.8 Å². The molecule has 3 heteroatoms. The molecule has 2 aromatic carbocycles. The molecule has 0 fully saturated rings. The van der Waals surface area contributed by atoms with Crippen molar-refractivity contribution in [3.63, 3.8) is 0 Å². The predicted molar refractivity (Wildman–Crippen MR) is 86.8 cm³/mol. The van der Waals surface area contributed by atoms with E-state index in [0.717, 1.165) is 17.0 Å². The van der Waals surface area contributed by atoms with Gasteiger partial charge in [0.2, 0.25) is 0 Å². The Morgan fingerprint density at radius 1 is 1.00 bits per heavy atom. The van der Waals surface area contributed by atoms with Crippen LogP contribution in [0.3, 0.4) is 0 Å². The monoisotopic (exact) mass is 303 g/mol. The Labute approximate surface area is 129 Å². The third-order valence-corrected chi connectivity index (χ3v) is 5.07. The third-order valence-electron chi connectivity index (χ3n) is 3.74. The number of hydrogen-bond donors (Lipinski definition) is 1. The second-order valence-corrected chi connectivity index (χ2v) is 6.73. The molecule has 0 saturated carbocycles. The predicted octanol–water partition coefficient (Wildman–Crippen LogP) is 4.48. The summed E-state index contributed by atoms with van der Waals surface area (Å²) < 4.78 is 0. The molecule has 3 rings (SSSR count). The quantitative estimate of drug-likeness (QED) is 0.901. The van der Waals surface area contributed by atoms with Crippen LogP contribution in [0.25, 0.3) is 0 Å². The molecular formula is C17H18ClNS. The molecule has 1 nitrogen and oxygen atoms in total. The summed E-state index contributed by atoms with van der Waals surface area (Å²) in [6.45, 7) is 0.636. The van der Waals surface area contributed by atoms with Gasteiger partial charge in [0.15, 0.2) is 0 Å². The van der Waals surface area contributed by atoms with Gasteiger partial charge in [-0.15, -0.1) is 0 Å². The van der Waals surface area contributed by atoms with Crippen LogP contribution < -0.4 is 5.73 Å². The molecule has 0 spiro atoms. The van der Waals surface area contributed by atoms with Crippen molar-refractivity contribution in [1.82, 2.24) is 0 Å². The average molecular weight is 304 g/mol. The van der Waals surface area contributed by atoms with Crippen molar-refractivity contribution in [1.29, 1.82) is 0 Å². The van der Waals surface area contributed by atoms with E-state index in [4.69, 9.17) is 17.3 Å².